The second-order valence-corrected chi connectivity index (χ2v) is 7.37. The van der Waals surface area contributed by atoms with E-state index in [9.17, 15) is 9.90 Å². The van der Waals surface area contributed by atoms with Crippen molar-refractivity contribution in [3.8, 4) is 0 Å². The summed E-state index contributed by atoms with van der Waals surface area (Å²) in [5, 5.41) is 13.3. The van der Waals surface area contributed by atoms with Crippen LogP contribution >= 0.6 is 0 Å². The number of rotatable bonds is 0. The number of fused-ring (bicyclic) bond motifs is 1. The predicted molar refractivity (Wildman–Crippen MR) is 65.1 cm³/mol. The lowest BCUT2D eigenvalue weighted by molar-refractivity contribution is -0.168. The molecule has 2 bridgehead atoms. The highest BCUT2D eigenvalue weighted by Crippen LogP contribution is 2.69. The predicted octanol–water partition coefficient (Wildman–Crippen LogP) is 2.19. The number of amides is 1. The van der Waals surface area contributed by atoms with Crippen molar-refractivity contribution in [2.75, 3.05) is 0 Å². The molecular weight excluding hydrogens is 214 g/mol. The van der Waals surface area contributed by atoms with E-state index in [1.54, 1.807) is 0 Å². The first-order valence-corrected chi connectivity index (χ1v) is 6.80. The van der Waals surface area contributed by atoms with Gasteiger partial charge in [-0.2, -0.15) is 0 Å². The Balaban J connectivity index is 2.18. The van der Waals surface area contributed by atoms with Crippen LogP contribution < -0.4 is 5.32 Å². The van der Waals surface area contributed by atoms with Crippen LogP contribution in [0.1, 0.15) is 59.3 Å². The van der Waals surface area contributed by atoms with E-state index < -0.39 is 5.72 Å². The Bertz CT molecular complexity index is 392. The Morgan fingerprint density at radius 3 is 2.53 bits per heavy atom. The van der Waals surface area contributed by atoms with Crippen molar-refractivity contribution in [3.05, 3.63) is 0 Å². The Hall–Kier alpha value is -0.570. The number of aliphatic hydroxyl groups is 1. The van der Waals surface area contributed by atoms with E-state index >= 15 is 0 Å². The van der Waals surface area contributed by atoms with Crippen LogP contribution in [-0.4, -0.2) is 16.7 Å². The summed E-state index contributed by atoms with van der Waals surface area (Å²) in [4.78, 5) is 12.6. The first kappa shape index (κ1) is 11.5. The average Bonchev–Trinajstić information content (AvgIpc) is 2.44. The van der Waals surface area contributed by atoms with E-state index in [1.165, 1.54) is 6.42 Å². The van der Waals surface area contributed by atoms with Gasteiger partial charge in [-0.05, 0) is 36.5 Å². The van der Waals surface area contributed by atoms with E-state index in [2.05, 4.69) is 26.1 Å². The molecule has 3 nitrogen and oxygen atoms in total. The molecule has 0 radical (unpaired) electrons. The van der Waals surface area contributed by atoms with Crippen LogP contribution in [0.4, 0.5) is 0 Å². The minimum absolute atomic E-state index is 0.00498. The molecule has 2 N–H and O–H groups in total. The minimum atomic E-state index is -0.925. The summed E-state index contributed by atoms with van der Waals surface area (Å²) in [5.74, 6) is 0.102. The van der Waals surface area contributed by atoms with Gasteiger partial charge in [-0.3, -0.25) is 4.79 Å². The van der Waals surface area contributed by atoms with Gasteiger partial charge < -0.3 is 10.4 Å². The summed E-state index contributed by atoms with van der Waals surface area (Å²) in [6.07, 6.45) is 5.71. The van der Waals surface area contributed by atoms with Gasteiger partial charge in [0.25, 0.3) is 0 Å². The van der Waals surface area contributed by atoms with Crippen LogP contribution in [-0.2, 0) is 4.79 Å². The molecular formula is C14H23NO2. The summed E-state index contributed by atoms with van der Waals surface area (Å²) in [6.45, 7) is 6.68. The van der Waals surface area contributed by atoms with Crippen LogP contribution in [0.3, 0.4) is 0 Å². The maximum Gasteiger partial charge on any atom is 0.229 e. The highest BCUT2D eigenvalue weighted by molar-refractivity contribution is 5.88. The van der Waals surface area contributed by atoms with Gasteiger partial charge in [-0.1, -0.05) is 27.2 Å². The van der Waals surface area contributed by atoms with Gasteiger partial charge in [-0.25, -0.2) is 0 Å². The molecule has 0 aromatic rings. The van der Waals surface area contributed by atoms with Gasteiger partial charge in [0.05, 0.1) is 5.41 Å². The third-order valence-electron chi connectivity index (χ3n) is 6.10. The first-order valence-electron chi connectivity index (χ1n) is 6.80. The van der Waals surface area contributed by atoms with Crippen molar-refractivity contribution in [2.45, 2.75) is 65.0 Å². The lowest BCUT2D eigenvalue weighted by Crippen LogP contribution is -2.58. The molecule has 1 heterocycles. The molecule has 2 saturated carbocycles. The normalized spacial score (nSPS) is 51.9. The molecule has 1 amide bonds. The molecule has 17 heavy (non-hydrogen) atoms. The molecule has 3 aliphatic rings. The standard InChI is InChI=1S/C14H23NO2/c1-11(2)5-4-6-12(3)7-8-13(17)9-14(11,12)10(16)15-13/h17H,4-9H2,1-3H3,(H,15,16). The molecule has 96 valence electrons. The second-order valence-electron chi connectivity index (χ2n) is 7.37. The van der Waals surface area contributed by atoms with Crippen molar-refractivity contribution in [2.24, 2.45) is 16.2 Å². The molecule has 1 saturated heterocycles. The van der Waals surface area contributed by atoms with Gasteiger partial charge in [0.1, 0.15) is 5.72 Å². The Morgan fingerprint density at radius 2 is 1.82 bits per heavy atom. The third-order valence-corrected chi connectivity index (χ3v) is 6.10. The third kappa shape index (κ3) is 1.14. The lowest BCUT2D eigenvalue weighted by Gasteiger charge is -2.59. The Morgan fingerprint density at radius 1 is 1.12 bits per heavy atom. The van der Waals surface area contributed by atoms with Gasteiger partial charge in [0.2, 0.25) is 5.91 Å². The molecule has 3 rings (SSSR count). The molecule has 3 heteroatoms. The lowest BCUT2D eigenvalue weighted by atomic mass is 9.42. The zero-order valence-corrected chi connectivity index (χ0v) is 11.1. The molecule has 1 aliphatic heterocycles. The highest BCUT2D eigenvalue weighted by atomic mass is 16.3. The van der Waals surface area contributed by atoms with Crippen LogP contribution in [0, 0.1) is 16.2 Å². The van der Waals surface area contributed by atoms with E-state index in [0.717, 1.165) is 19.3 Å². The van der Waals surface area contributed by atoms with Gasteiger partial charge >= 0.3 is 0 Å². The topological polar surface area (TPSA) is 49.3 Å². The summed E-state index contributed by atoms with van der Waals surface area (Å²) in [5.41, 5.74) is -1.22. The van der Waals surface area contributed by atoms with Crippen LogP contribution in [0.2, 0.25) is 0 Å². The molecule has 0 aromatic heterocycles. The maximum atomic E-state index is 12.6. The summed E-state index contributed by atoms with van der Waals surface area (Å²) >= 11 is 0. The summed E-state index contributed by atoms with van der Waals surface area (Å²) < 4.78 is 0. The minimum Gasteiger partial charge on any atom is -0.371 e. The largest absolute Gasteiger partial charge is 0.371 e. The highest BCUT2D eigenvalue weighted by Gasteiger charge is 2.71. The number of hydrogen-bond donors (Lipinski definition) is 2. The maximum absolute atomic E-state index is 12.6. The van der Waals surface area contributed by atoms with Crippen molar-refractivity contribution < 1.29 is 9.90 Å². The Kier molecular flexibility index (Phi) is 1.95. The molecule has 2 aliphatic carbocycles. The fraction of sp³-hybridized carbons (Fsp3) is 0.929. The summed E-state index contributed by atoms with van der Waals surface area (Å²) in [7, 11) is 0. The van der Waals surface area contributed by atoms with Crippen LogP contribution in [0.5, 0.6) is 0 Å². The first-order chi connectivity index (χ1) is 7.75. The van der Waals surface area contributed by atoms with Crippen LogP contribution in [0.15, 0.2) is 0 Å². The monoisotopic (exact) mass is 237 g/mol. The van der Waals surface area contributed by atoms with Crippen LogP contribution in [0.25, 0.3) is 0 Å². The quantitative estimate of drug-likeness (QED) is 0.678. The SMILES string of the molecule is CC1(C)CCCC2(C)CCC3(O)CC12C(=O)N3. The fourth-order valence-electron chi connectivity index (χ4n) is 5.05. The molecule has 1 spiro atoms. The number of carbonyl (C=O) groups excluding carboxylic acids is 1. The van der Waals surface area contributed by atoms with E-state index in [4.69, 9.17) is 0 Å². The van der Waals surface area contributed by atoms with Crippen molar-refractivity contribution in [1.29, 1.82) is 0 Å². The van der Waals surface area contributed by atoms with E-state index in [1.807, 2.05) is 0 Å². The molecule has 3 atom stereocenters. The van der Waals surface area contributed by atoms with Crippen molar-refractivity contribution in [3.63, 3.8) is 0 Å². The molecule has 3 fully saturated rings. The van der Waals surface area contributed by atoms with Crippen molar-refractivity contribution in [1.82, 2.24) is 5.32 Å². The van der Waals surface area contributed by atoms with Gasteiger partial charge in [0.15, 0.2) is 0 Å². The zero-order chi connectivity index (χ0) is 12.5. The van der Waals surface area contributed by atoms with E-state index in [-0.39, 0.29) is 22.2 Å². The number of carbonyl (C=O) groups is 1. The number of hydrogen-bond acceptors (Lipinski definition) is 2. The Labute approximate surface area is 103 Å². The fourth-order valence-corrected chi connectivity index (χ4v) is 5.05. The molecule has 0 aromatic carbocycles. The van der Waals surface area contributed by atoms with E-state index in [0.29, 0.717) is 12.8 Å². The number of nitrogens with one attached hydrogen (secondary N) is 1. The molecule has 3 unspecified atom stereocenters. The summed E-state index contributed by atoms with van der Waals surface area (Å²) in [6, 6.07) is 0. The smallest absolute Gasteiger partial charge is 0.229 e. The van der Waals surface area contributed by atoms with Gasteiger partial charge in [0, 0.05) is 6.42 Å². The van der Waals surface area contributed by atoms with Gasteiger partial charge in [-0.15, -0.1) is 0 Å². The zero-order valence-electron chi connectivity index (χ0n) is 11.1. The second kappa shape index (κ2) is 2.87. The average molecular weight is 237 g/mol. The van der Waals surface area contributed by atoms with Crippen molar-refractivity contribution >= 4 is 5.91 Å².